The van der Waals surface area contributed by atoms with Crippen LogP contribution in [0.15, 0.2) is 64.5 Å². The Hall–Kier alpha value is -4.22. The summed E-state index contributed by atoms with van der Waals surface area (Å²) in [6, 6.07) is 15.0. The van der Waals surface area contributed by atoms with Crippen LogP contribution in [0, 0.1) is 0 Å². The van der Waals surface area contributed by atoms with Crippen molar-refractivity contribution in [1.82, 2.24) is 19.3 Å². The number of aromatic nitrogens is 4. The molecule has 1 spiro atoms. The molecule has 0 unspecified atom stereocenters. The Bertz CT molecular complexity index is 1670. The fourth-order valence-corrected chi connectivity index (χ4v) is 5.84. The van der Waals surface area contributed by atoms with Crippen LogP contribution >= 0.6 is 0 Å². The average Bonchev–Trinajstić information content (AvgIpc) is 3.54. The van der Waals surface area contributed by atoms with Crippen LogP contribution in [-0.2, 0) is 16.0 Å². The molecule has 11 heteroatoms. The molecule has 4 aromatic rings. The summed E-state index contributed by atoms with van der Waals surface area (Å²) in [6.45, 7) is 8.51. The van der Waals surface area contributed by atoms with E-state index < -0.39 is 0 Å². The Morgan fingerprint density at radius 2 is 1.88 bits per heavy atom. The lowest BCUT2D eigenvalue weighted by Crippen LogP contribution is -2.35. The van der Waals surface area contributed by atoms with Gasteiger partial charge in [0, 0.05) is 38.1 Å². The number of anilines is 3. The van der Waals surface area contributed by atoms with Crippen LogP contribution in [0.3, 0.4) is 0 Å². The van der Waals surface area contributed by atoms with Crippen LogP contribution in [0.25, 0.3) is 11.0 Å². The van der Waals surface area contributed by atoms with Gasteiger partial charge in [-0.2, -0.15) is 0 Å². The Kier molecular flexibility index (Phi) is 8.18. The molecule has 0 aliphatic carbocycles. The quantitative estimate of drug-likeness (QED) is 0.242. The molecule has 3 N–H and O–H groups in total. The van der Waals surface area contributed by atoms with Crippen LogP contribution in [0.4, 0.5) is 17.3 Å². The fraction of sp³-hybridized carbons (Fsp3) is 0.438. The summed E-state index contributed by atoms with van der Waals surface area (Å²) in [5.74, 6) is 1.65. The van der Waals surface area contributed by atoms with E-state index >= 15 is 0 Å². The van der Waals surface area contributed by atoms with E-state index in [-0.39, 0.29) is 29.8 Å². The highest BCUT2D eigenvalue weighted by molar-refractivity contribution is 6.01. The van der Waals surface area contributed by atoms with Gasteiger partial charge in [-0.1, -0.05) is 37.3 Å². The number of rotatable bonds is 10. The molecule has 226 valence electrons. The standard InChI is InChI=1S/C32H39N7O4/c1-4-14-38-31(41)23-10-11-27(36-29(23)39(38)21(2)3)35-28-17-25(34-26(19-40)22-8-6-5-7-9-22)24(18-33-28)30-37-32(20-43-30)12-15-42-16-13-32/h5-11,17-18,21,26,40H,4,12-16,19-20H2,1-3H3,(H2,33,34,35,36)/t26-/m1/s1. The van der Waals surface area contributed by atoms with Gasteiger partial charge in [-0.05, 0) is 50.8 Å². The number of fused-ring (bicyclic) bond motifs is 1. The van der Waals surface area contributed by atoms with Crippen LogP contribution in [0.1, 0.15) is 63.2 Å². The van der Waals surface area contributed by atoms with Crippen LogP contribution < -0.4 is 16.2 Å². The number of nitrogens with one attached hydrogen (secondary N) is 2. The summed E-state index contributed by atoms with van der Waals surface area (Å²) in [7, 11) is 0. The van der Waals surface area contributed by atoms with E-state index in [2.05, 4.69) is 17.6 Å². The minimum atomic E-state index is -0.359. The van der Waals surface area contributed by atoms with E-state index in [9.17, 15) is 9.90 Å². The third-order valence-corrected chi connectivity index (χ3v) is 8.09. The maximum absolute atomic E-state index is 13.1. The van der Waals surface area contributed by atoms with Gasteiger partial charge in [-0.3, -0.25) is 9.48 Å². The third kappa shape index (κ3) is 5.74. The minimum absolute atomic E-state index is 0.0332. The maximum Gasteiger partial charge on any atom is 0.276 e. The summed E-state index contributed by atoms with van der Waals surface area (Å²) < 4.78 is 15.5. The van der Waals surface area contributed by atoms with E-state index in [0.29, 0.717) is 54.9 Å². The number of benzene rings is 1. The fourth-order valence-electron chi connectivity index (χ4n) is 5.84. The van der Waals surface area contributed by atoms with Crippen molar-refractivity contribution in [3.63, 3.8) is 0 Å². The first-order valence-corrected chi connectivity index (χ1v) is 15.0. The van der Waals surface area contributed by atoms with Crippen LogP contribution in [0.2, 0.25) is 0 Å². The Morgan fingerprint density at radius 3 is 2.60 bits per heavy atom. The molecule has 0 bridgehead atoms. The van der Waals surface area contributed by atoms with Crippen molar-refractivity contribution in [1.29, 1.82) is 0 Å². The number of ether oxygens (including phenoxy) is 2. The molecule has 1 aromatic carbocycles. The highest BCUT2D eigenvalue weighted by Crippen LogP contribution is 2.34. The van der Waals surface area contributed by atoms with Gasteiger partial charge in [0.25, 0.3) is 5.56 Å². The lowest BCUT2D eigenvalue weighted by atomic mass is 9.92. The van der Waals surface area contributed by atoms with Gasteiger partial charge >= 0.3 is 0 Å². The predicted octanol–water partition coefficient (Wildman–Crippen LogP) is 4.80. The number of aliphatic hydroxyl groups is 1. The van der Waals surface area contributed by atoms with Gasteiger partial charge in [0.15, 0.2) is 5.65 Å². The molecule has 2 aliphatic rings. The lowest BCUT2D eigenvalue weighted by molar-refractivity contribution is 0.0442. The third-order valence-electron chi connectivity index (χ3n) is 8.09. The van der Waals surface area contributed by atoms with E-state index in [0.717, 1.165) is 36.1 Å². The first-order valence-electron chi connectivity index (χ1n) is 15.0. The second-order valence-electron chi connectivity index (χ2n) is 11.5. The number of aliphatic hydroxyl groups excluding tert-OH is 1. The van der Waals surface area contributed by atoms with Crippen molar-refractivity contribution in [3.8, 4) is 0 Å². The lowest BCUT2D eigenvalue weighted by Gasteiger charge is -2.28. The minimum Gasteiger partial charge on any atom is -0.475 e. The molecule has 2 aliphatic heterocycles. The maximum atomic E-state index is 13.1. The average molecular weight is 586 g/mol. The second-order valence-corrected chi connectivity index (χ2v) is 11.5. The molecule has 5 heterocycles. The number of hydrogen-bond donors (Lipinski definition) is 3. The van der Waals surface area contributed by atoms with Gasteiger partial charge in [-0.25, -0.2) is 19.6 Å². The van der Waals surface area contributed by atoms with Crippen molar-refractivity contribution in [2.45, 2.75) is 64.2 Å². The zero-order valence-electron chi connectivity index (χ0n) is 24.9. The summed E-state index contributed by atoms with van der Waals surface area (Å²) in [5.41, 5.74) is 2.71. The van der Waals surface area contributed by atoms with Gasteiger partial charge in [0.2, 0.25) is 5.90 Å². The van der Waals surface area contributed by atoms with Crippen molar-refractivity contribution < 1.29 is 14.6 Å². The molecule has 0 radical (unpaired) electrons. The van der Waals surface area contributed by atoms with Crippen LogP contribution in [-0.4, -0.2) is 62.3 Å². The molecule has 3 aromatic heterocycles. The molecule has 0 amide bonds. The SMILES string of the molecule is CCCn1c(=O)c2ccc(Nc3cc(N[C@H](CO)c4ccccc4)c(C4=NC5(CCOCC5)CO4)cn3)nc2n1C(C)C. The largest absolute Gasteiger partial charge is 0.475 e. The first-order chi connectivity index (χ1) is 20.9. The van der Waals surface area contributed by atoms with Gasteiger partial charge in [0.05, 0.1) is 29.3 Å². The van der Waals surface area contributed by atoms with E-state index in [4.69, 9.17) is 24.4 Å². The molecular weight excluding hydrogens is 546 g/mol. The van der Waals surface area contributed by atoms with Gasteiger partial charge in [-0.15, -0.1) is 0 Å². The monoisotopic (exact) mass is 585 g/mol. The van der Waals surface area contributed by atoms with E-state index in [1.807, 2.05) is 61.0 Å². The summed E-state index contributed by atoms with van der Waals surface area (Å²) in [5, 5.41) is 17.7. The first kappa shape index (κ1) is 28.9. The molecule has 0 saturated carbocycles. The van der Waals surface area contributed by atoms with Crippen molar-refractivity contribution >= 4 is 34.3 Å². The van der Waals surface area contributed by atoms with E-state index in [1.54, 1.807) is 16.9 Å². The molecule has 1 fully saturated rings. The number of nitrogens with zero attached hydrogens (tertiary/aromatic N) is 5. The highest BCUT2D eigenvalue weighted by atomic mass is 16.5. The number of hydrogen-bond acceptors (Lipinski definition) is 9. The zero-order valence-corrected chi connectivity index (χ0v) is 24.9. The molecule has 1 atom stereocenters. The van der Waals surface area contributed by atoms with Gasteiger partial charge in [0.1, 0.15) is 23.8 Å². The summed E-state index contributed by atoms with van der Waals surface area (Å²) in [6.07, 6.45) is 4.21. The normalized spacial score (nSPS) is 16.8. The Morgan fingerprint density at radius 1 is 1.09 bits per heavy atom. The Labute approximate surface area is 250 Å². The van der Waals surface area contributed by atoms with Crippen molar-refractivity contribution in [3.05, 3.63) is 76.2 Å². The van der Waals surface area contributed by atoms with Crippen LogP contribution in [0.5, 0.6) is 0 Å². The number of pyridine rings is 2. The topological polar surface area (TPSA) is 128 Å². The molecular formula is C32H39N7O4. The predicted molar refractivity (Wildman–Crippen MR) is 167 cm³/mol. The molecule has 43 heavy (non-hydrogen) atoms. The van der Waals surface area contributed by atoms with Crippen molar-refractivity contribution in [2.24, 2.45) is 4.99 Å². The Balaban J connectivity index is 1.37. The van der Waals surface area contributed by atoms with Gasteiger partial charge < -0.3 is 25.2 Å². The summed E-state index contributed by atoms with van der Waals surface area (Å²) in [4.78, 5) is 27.6. The molecule has 1 saturated heterocycles. The zero-order chi connectivity index (χ0) is 30.0. The smallest absolute Gasteiger partial charge is 0.276 e. The summed E-state index contributed by atoms with van der Waals surface area (Å²) >= 11 is 0. The molecule has 11 nitrogen and oxygen atoms in total. The number of aliphatic imine (C=N–C) groups is 1. The molecule has 6 rings (SSSR count). The van der Waals surface area contributed by atoms with E-state index in [1.165, 1.54) is 0 Å². The van der Waals surface area contributed by atoms with Crippen molar-refractivity contribution in [2.75, 3.05) is 37.1 Å². The highest BCUT2D eigenvalue weighted by Gasteiger charge is 2.39. The second kappa shape index (κ2) is 12.2.